The van der Waals surface area contributed by atoms with Crippen molar-refractivity contribution in [1.82, 2.24) is 19.3 Å². The summed E-state index contributed by atoms with van der Waals surface area (Å²) in [6, 6.07) is 21.3. The van der Waals surface area contributed by atoms with Crippen molar-refractivity contribution >= 4 is 29.3 Å². The molecule has 0 N–H and O–H groups in total. The number of aromatic nitrogens is 4. The van der Waals surface area contributed by atoms with Crippen LogP contribution in [-0.4, -0.2) is 25.1 Å². The van der Waals surface area contributed by atoms with E-state index in [9.17, 15) is 9.59 Å². The van der Waals surface area contributed by atoms with Crippen LogP contribution in [0.3, 0.4) is 0 Å². The van der Waals surface area contributed by atoms with Gasteiger partial charge in [0.2, 0.25) is 0 Å². The minimum atomic E-state index is -0.156. The van der Waals surface area contributed by atoms with Gasteiger partial charge < -0.3 is 4.57 Å². The lowest BCUT2D eigenvalue weighted by Crippen LogP contribution is -2.29. The van der Waals surface area contributed by atoms with Gasteiger partial charge in [-0.15, -0.1) is 11.3 Å². The fraction of sp³-hybridized carbons (Fsp3) is 0.103. The number of Topliss-reactive ketones (excluding diaryl/α,β-unsaturated/α-hetero) is 1. The van der Waals surface area contributed by atoms with E-state index in [2.05, 4.69) is 17.1 Å². The van der Waals surface area contributed by atoms with Gasteiger partial charge in [0.15, 0.2) is 5.78 Å². The first-order valence-electron chi connectivity index (χ1n) is 11.5. The van der Waals surface area contributed by atoms with E-state index in [0.29, 0.717) is 21.3 Å². The molecule has 0 saturated carbocycles. The molecule has 0 fully saturated rings. The van der Waals surface area contributed by atoms with Gasteiger partial charge in [-0.2, -0.15) is 5.10 Å². The van der Waals surface area contributed by atoms with Crippen LogP contribution in [0.1, 0.15) is 27.0 Å². The predicted molar refractivity (Wildman–Crippen MR) is 143 cm³/mol. The number of ketones is 1. The average Bonchev–Trinajstić information content (AvgIpc) is 3.41. The summed E-state index contributed by atoms with van der Waals surface area (Å²) < 4.78 is 4.52. The summed E-state index contributed by atoms with van der Waals surface area (Å²) in [5.41, 5.74) is 4.93. The summed E-state index contributed by atoms with van der Waals surface area (Å²) in [6.07, 6.45) is 8.80. The third-order valence-corrected chi connectivity index (χ3v) is 7.04. The Bertz CT molecular complexity index is 1710. The van der Waals surface area contributed by atoms with Crippen molar-refractivity contribution in [2.75, 3.05) is 0 Å². The third kappa shape index (κ3) is 4.87. The molecule has 0 aliphatic carbocycles. The summed E-state index contributed by atoms with van der Waals surface area (Å²) in [6.45, 7) is 2.51. The minimum Gasteiger partial charge on any atom is -0.302 e. The van der Waals surface area contributed by atoms with Gasteiger partial charge in [-0.25, -0.2) is 0 Å². The highest BCUT2D eigenvalue weighted by Gasteiger charge is 2.12. The maximum Gasteiger partial charge on any atom is 0.268 e. The Morgan fingerprint density at radius 3 is 2.56 bits per heavy atom. The van der Waals surface area contributed by atoms with Crippen LogP contribution in [0.15, 0.2) is 90.1 Å². The minimum absolute atomic E-state index is 0.122. The van der Waals surface area contributed by atoms with Gasteiger partial charge in [-0.05, 0) is 36.3 Å². The molecule has 0 saturated heterocycles. The second-order valence-corrected chi connectivity index (χ2v) is 9.56. The van der Waals surface area contributed by atoms with E-state index in [-0.39, 0.29) is 11.3 Å². The van der Waals surface area contributed by atoms with Gasteiger partial charge >= 0.3 is 0 Å². The summed E-state index contributed by atoms with van der Waals surface area (Å²) in [7, 11) is 1.69. The fourth-order valence-corrected chi connectivity index (χ4v) is 5.03. The molecular formula is C29H24N4O2S. The molecule has 6 nitrogen and oxygen atoms in total. The number of carbonyl (C=O) groups is 1. The summed E-state index contributed by atoms with van der Waals surface area (Å²) >= 11 is 1.29. The zero-order valence-corrected chi connectivity index (χ0v) is 20.8. The largest absolute Gasteiger partial charge is 0.302 e. The second-order valence-electron chi connectivity index (χ2n) is 8.49. The SMILES string of the molecule is Cc1ccccc1C(=O)/C=c1\s/c(=C\c2cn(Cc3ccccc3)nc2-c2cccnc2)c(=O)n1C. The maximum absolute atomic E-state index is 13.1. The van der Waals surface area contributed by atoms with E-state index in [4.69, 9.17) is 5.10 Å². The van der Waals surface area contributed by atoms with Crippen molar-refractivity contribution in [3.8, 4) is 11.3 Å². The van der Waals surface area contributed by atoms with Crippen molar-refractivity contribution in [2.45, 2.75) is 13.5 Å². The van der Waals surface area contributed by atoms with Gasteiger partial charge in [0.1, 0.15) is 10.4 Å². The summed E-state index contributed by atoms with van der Waals surface area (Å²) in [5.74, 6) is -0.122. The number of hydrogen-bond donors (Lipinski definition) is 0. The highest BCUT2D eigenvalue weighted by Crippen LogP contribution is 2.22. The van der Waals surface area contributed by atoms with Crippen LogP contribution >= 0.6 is 11.3 Å². The first-order chi connectivity index (χ1) is 17.5. The van der Waals surface area contributed by atoms with Crippen LogP contribution in [0.5, 0.6) is 0 Å². The molecular weight excluding hydrogens is 468 g/mol. The Kier molecular flexibility index (Phi) is 6.56. The van der Waals surface area contributed by atoms with Crippen molar-refractivity contribution < 1.29 is 4.79 Å². The number of rotatable bonds is 6. The van der Waals surface area contributed by atoms with Gasteiger partial charge in [0, 0.05) is 48.4 Å². The van der Waals surface area contributed by atoms with Crippen molar-refractivity contribution in [1.29, 1.82) is 0 Å². The lowest BCUT2D eigenvalue weighted by Gasteiger charge is -2.01. The van der Waals surface area contributed by atoms with Crippen molar-refractivity contribution in [2.24, 2.45) is 7.05 Å². The van der Waals surface area contributed by atoms with Gasteiger partial charge in [0.25, 0.3) is 5.56 Å². The van der Waals surface area contributed by atoms with E-state index in [1.54, 1.807) is 25.5 Å². The molecule has 0 unspecified atom stereocenters. The summed E-state index contributed by atoms with van der Waals surface area (Å²) in [5, 5.41) is 4.81. The molecule has 0 aliphatic heterocycles. The summed E-state index contributed by atoms with van der Waals surface area (Å²) in [4.78, 5) is 30.2. The third-order valence-electron chi connectivity index (χ3n) is 5.92. The zero-order valence-electron chi connectivity index (χ0n) is 20.0. The molecule has 178 valence electrons. The molecule has 0 spiro atoms. The van der Waals surface area contributed by atoms with Gasteiger partial charge in [-0.3, -0.25) is 19.3 Å². The number of nitrogens with zero attached hydrogens (tertiary/aromatic N) is 4. The molecule has 0 bridgehead atoms. The molecule has 36 heavy (non-hydrogen) atoms. The second kappa shape index (κ2) is 10.1. The van der Waals surface area contributed by atoms with Gasteiger partial charge in [0.05, 0.1) is 11.1 Å². The maximum atomic E-state index is 13.1. The number of pyridine rings is 1. The predicted octanol–water partition coefficient (Wildman–Crippen LogP) is 3.55. The Morgan fingerprint density at radius 1 is 1.03 bits per heavy atom. The molecule has 0 radical (unpaired) electrons. The average molecular weight is 493 g/mol. The quantitative estimate of drug-likeness (QED) is 0.340. The molecule has 0 atom stereocenters. The monoisotopic (exact) mass is 492 g/mol. The molecule has 7 heteroatoms. The Hall–Kier alpha value is -4.36. The van der Waals surface area contributed by atoms with E-state index < -0.39 is 0 Å². The molecule has 2 aromatic carbocycles. The normalized spacial score (nSPS) is 12.3. The Balaban J connectivity index is 1.60. The number of benzene rings is 2. The first kappa shape index (κ1) is 23.4. The lowest BCUT2D eigenvalue weighted by atomic mass is 10.1. The molecule has 0 aliphatic rings. The fourth-order valence-electron chi connectivity index (χ4n) is 4.01. The zero-order chi connectivity index (χ0) is 25.1. The lowest BCUT2D eigenvalue weighted by molar-refractivity contribution is 0.106. The number of thiazole rings is 1. The van der Waals surface area contributed by atoms with E-state index in [0.717, 1.165) is 27.9 Å². The van der Waals surface area contributed by atoms with E-state index >= 15 is 0 Å². The number of hydrogen-bond acceptors (Lipinski definition) is 5. The smallest absolute Gasteiger partial charge is 0.268 e. The number of aryl methyl sites for hydroxylation is 1. The first-order valence-corrected chi connectivity index (χ1v) is 12.3. The van der Waals surface area contributed by atoms with Crippen LogP contribution in [0.25, 0.3) is 23.4 Å². The highest BCUT2D eigenvalue weighted by molar-refractivity contribution is 7.07. The van der Waals surface area contributed by atoms with E-state index in [1.807, 2.05) is 72.4 Å². The van der Waals surface area contributed by atoms with E-state index in [1.165, 1.54) is 22.0 Å². The van der Waals surface area contributed by atoms with Gasteiger partial charge in [-0.1, -0.05) is 54.6 Å². The Labute approximate surface area is 212 Å². The Morgan fingerprint density at radius 2 is 1.81 bits per heavy atom. The van der Waals surface area contributed by atoms with Crippen molar-refractivity contribution in [3.63, 3.8) is 0 Å². The van der Waals surface area contributed by atoms with Crippen LogP contribution in [0, 0.1) is 6.92 Å². The molecule has 5 rings (SSSR count). The molecule has 3 aromatic heterocycles. The van der Waals surface area contributed by atoms with Crippen LogP contribution in [-0.2, 0) is 13.6 Å². The van der Waals surface area contributed by atoms with Crippen molar-refractivity contribution in [3.05, 3.63) is 127 Å². The van der Waals surface area contributed by atoms with Crippen LogP contribution < -0.4 is 14.8 Å². The standard InChI is InChI=1S/C29H24N4O2S/c1-20-9-6-7-13-24(20)25(34)16-27-32(2)29(35)26(36-27)15-23-19-33(18-21-10-4-3-5-11-21)31-28(23)22-12-8-14-30-17-22/h3-17,19H,18H2,1-2H3/b26-15-,27-16-. The molecule has 5 aromatic rings. The van der Waals surface area contributed by atoms with Crippen LogP contribution in [0.2, 0.25) is 0 Å². The number of carbonyl (C=O) groups excluding carboxylic acids is 1. The molecule has 0 amide bonds. The van der Waals surface area contributed by atoms with Crippen LogP contribution in [0.4, 0.5) is 0 Å². The molecule has 3 heterocycles. The topological polar surface area (TPSA) is 69.8 Å². The highest BCUT2D eigenvalue weighted by atomic mass is 32.1.